The molecule has 3 nitrogen and oxygen atoms in total. The van der Waals surface area contributed by atoms with Gasteiger partial charge in [0.15, 0.2) is 0 Å². The first-order valence-corrected chi connectivity index (χ1v) is 5.49. The topological polar surface area (TPSA) is 48.9 Å². The maximum Gasteiger partial charge on any atom is 0.103 e. The maximum atomic E-state index is 9.92. The molecule has 3 heteroatoms. The van der Waals surface area contributed by atoms with Gasteiger partial charge in [0.2, 0.25) is 0 Å². The summed E-state index contributed by atoms with van der Waals surface area (Å²) in [4.78, 5) is 7.13. The fourth-order valence-corrected chi connectivity index (χ4v) is 1.71. The van der Waals surface area contributed by atoms with Gasteiger partial charge in [-0.3, -0.25) is 0 Å². The summed E-state index contributed by atoms with van der Waals surface area (Å²) in [6.45, 7) is 1.88. The van der Waals surface area contributed by atoms with Crippen LogP contribution in [0.5, 0.6) is 0 Å². The summed E-state index contributed by atoms with van der Waals surface area (Å²) < 4.78 is 0. The lowest BCUT2D eigenvalue weighted by atomic mass is 10.1. The van der Waals surface area contributed by atoms with Crippen LogP contribution in [-0.2, 0) is 6.42 Å². The van der Waals surface area contributed by atoms with Gasteiger partial charge in [-0.25, -0.2) is 4.98 Å². The van der Waals surface area contributed by atoms with Crippen LogP contribution >= 0.6 is 0 Å². The van der Waals surface area contributed by atoms with Gasteiger partial charge in [-0.1, -0.05) is 30.3 Å². The molecule has 2 aromatic rings. The van der Waals surface area contributed by atoms with E-state index in [0.29, 0.717) is 6.42 Å². The van der Waals surface area contributed by atoms with Crippen molar-refractivity contribution < 1.29 is 5.11 Å². The number of nitrogens with zero attached hydrogens (tertiary/aromatic N) is 1. The second kappa shape index (κ2) is 4.94. The Kier molecular flexibility index (Phi) is 3.37. The van der Waals surface area contributed by atoms with E-state index in [1.165, 1.54) is 5.56 Å². The SMILES string of the molecule is Cc1ncc(C(O)CCc2ccccc2)[nH]1. The van der Waals surface area contributed by atoms with E-state index in [2.05, 4.69) is 22.1 Å². The number of hydrogen-bond acceptors (Lipinski definition) is 2. The number of nitrogens with one attached hydrogen (secondary N) is 1. The van der Waals surface area contributed by atoms with Crippen LogP contribution in [0.1, 0.15) is 29.6 Å². The Morgan fingerprint density at radius 2 is 2.06 bits per heavy atom. The smallest absolute Gasteiger partial charge is 0.103 e. The molecule has 0 amide bonds. The number of aromatic nitrogens is 2. The number of hydrogen-bond donors (Lipinski definition) is 2. The molecule has 0 spiro atoms. The van der Waals surface area contributed by atoms with Crippen LogP contribution < -0.4 is 0 Å². The van der Waals surface area contributed by atoms with Gasteiger partial charge >= 0.3 is 0 Å². The first-order valence-electron chi connectivity index (χ1n) is 5.49. The van der Waals surface area contributed by atoms with Crippen molar-refractivity contribution >= 4 is 0 Å². The first kappa shape index (κ1) is 10.9. The Morgan fingerprint density at radius 3 is 2.69 bits per heavy atom. The zero-order valence-corrected chi connectivity index (χ0v) is 9.35. The van der Waals surface area contributed by atoms with E-state index in [4.69, 9.17) is 0 Å². The fraction of sp³-hybridized carbons (Fsp3) is 0.308. The third-order valence-corrected chi connectivity index (χ3v) is 2.63. The number of rotatable bonds is 4. The van der Waals surface area contributed by atoms with E-state index >= 15 is 0 Å². The lowest BCUT2D eigenvalue weighted by Gasteiger charge is -2.07. The fourth-order valence-electron chi connectivity index (χ4n) is 1.71. The van der Waals surface area contributed by atoms with Crippen LogP contribution in [0.15, 0.2) is 36.5 Å². The molecule has 1 unspecified atom stereocenters. The monoisotopic (exact) mass is 216 g/mol. The molecule has 2 N–H and O–H groups in total. The third kappa shape index (κ3) is 2.70. The van der Waals surface area contributed by atoms with E-state index in [9.17, 15) is 5.11 Å². The first-order chi connectivity index (χ1) is 7.75. The summed E-state index contributed by atoms with van der Waals surface area (Å²) in [5.74, 6) is 0.841. The van der Waals surface area contributed by atoms with Crippen molar-refractivity contribution in [2.24, 2.45) is 0 Å². The minimum Gasteiger partial charge on any atom is -0.387 e. The van der Waals surface area contributed by atoms with Crippen LogP contribution in [0.4, 0.5) is 0 Å². The van der Waals surface area contributed by atoms with Gasteiger partial charge in [-0.2, -0.15) is 0 Å². The summed E-state index contributed by atoms with van der Waals surface area (Å²) in [5, 5.41) is 9.92. The second-order valence-corrected chi connectivity index (χ2v) is 3.96. The Hall–Kier alpha value is -1.61. The Balaban J connectivity index is 1.91. The molecule has 0 bridgehead atoms. The van der Waals surface area contributed by atoms with E-state index in [1.54, 1.807) is 6.20 Å². The highest BCUT2D eigenvalue weighted by Gasteiger charge is 2.09. The lowest BCUT2D eigenvalue weighted by Crippen LogP contribution is -2.00. The zero-order valence-electron chi connectivity index (χ0n) is 9.35. The van der Waals surface area contributed by atoms with Gasteiger partial charge in [0.05, 0.1) is 18.0 Å². The summed E-state index contributed by atoms with van der Waals surface area (Å²) in [5.41, 5.74) is 2.05. The third-order valence-electron chi connectivity index (χ3n) is 2.63. The van der Waals surface area contributed by atoms with Crippen LogP contribution in [0.25, 0.3) is 0 Å². The van der Waals surface area contributed by atoms with Crippen LogP contribution in [0, 0.1) is 6.92 Å². The molecule has 0 radical (unpaired) electrons. The van der Waals surface area contributed by atoms with Gasteiger partial charge in [0, 0.05) is 0 Å². The molecule has 1 aromatic heterocycles. The highest BCUT2D eigenvalue weighted by Crippen LogP contribution is 2.16. The van der Waals surface area contributed by atoms with Crippen molar-refractivity contribution in [1.82, 2.24) is 9.97 Å². The molecular weight excluding hydrogens is 200 g/mol. The largest absolute Gasteiger partial charge is 0.387 e. The summed E-state index contributed by atoms with van der Waals surface area (Å²) in [6, 6.07) is 10.2. The predicted octanol–water partition coefficient (Wildman–Crippen LogP) is 2.38. The predicted molar refractivity (Wildman–Crippen MR) is 63.0 cm³/mol. The number of benzene rings is 1. The standard InChI is InChI=1S/C13H16N2O/c1-10-14-9-12(15-10)13(16)8-7-11-5-3-2-4-6-11/h2-6,9,13,16H,7-8H2,1H3,(H,14,15). The maximum absolute atomic E-state index is 9.92. The van der Waals surface area contributed by atoms with Crippen molar-refractivity contribution in [2.45, 2.75) is 25.9 Å². The Bertz CT molecular complexity index is 436. The molecule has 0 fully saturated rings. The normalized spacial score (nSPS) is 12.6. The number of H-pyrrole nitrogens is 1. The highest BCUT2D eigenvalue weighted by molar-refractivity contribution is 5.15. The van der Waals surface area contributed by atoms with Gasteiger partial charge in [-0.15, -0.1) is 0 Å². The summed E-state index contributed by atoms with van der Waals surface area (Å²) in [7, 11) is 0. The number of aromatic amines is 1. The van der Waals surface area contributed by atoms with Crippen molar-refractivity contribution in [3.05, 3.63) is 53.6 Å². The highest BCUT2D eigenvalue weighted by atomic mass is 16.3. The molecule has 1 aromatic carbocycles. The molecule has 0 saturated heterocycles. The number of aliphatic hydroxyl groups excluding tert-OH is 1. The summed E-state index contributed by atoms with van der Waals surface area (Å²) >= 11 is 0. The van der Waals surface area contributed by atoms with E-state index < -0.39 is 6.10 Å². The molecule has 84 valence electrons. The average Bonchev–Trinajstić information content (AvgIpc) is 2.74. The van der Waals surface area contributed by atoms with Crippen LogP contribution in [0.3, 0.4) is 0 Å². The average molecular weight is 216 g/mol. The molecule has 16 heavy (non-hydrogen) atoms. The lowest BCUT2D eigenvalue weighted by molar-refractivity contribution is 0.163. The van der Waals surface area contributed by atoms with E-state index in [-0.39, 0.29) is 0 Å². The van der Waals surface area contributed by atoms with Crippen LogP contribution in [0.2, 0.25) is 0 Å². The Labute approximate surface area is 95.2 Å². The van der Waals surface area contributed by atoms with Crippen molar-refractivity contribution in [1.29, 1.82) is 0 Å². The van der Waals surface area contributed by atoms with Gasteiger partial charge < -0.3 is 10.1 Å². The van der Waals surface area contributed by atoms with Crippen molar-refractivity contribution in [3.8, 4) is 0 Å². The number of aliphatic hydroxyl groups is 1. The van der Waals surface area contributed by atoms with Gasteiger partial charge in [0.25, 0.3) is 0 Å². The van der Waals surface area contributed by atoms with Crippen molar-refractivity contribution in [3.63, 3.8) is 0 Å². The molecule has 0 aliphatic heterocycles. The molecular formula is C13H16N2O. The van der Waals surface area contributed by atoms with E-state index in [1.807, 2.05) is 25.1 Å². The molecule has 1 atom stereocenters. The minimum atomic E-state index is -0.457. The number of aryl methyl sites for hydroxylation is 2. The molecule has 2 rings (SSSR count). The van der Waals surface area contributed by atoms with Crippen molar-refractivity contribution in [2.75, 3.05) is 0 Å². The van der Waals surface area contributed by atoms with Gasteiger partial charge in [0.1, 0.15) is 5.82 Å². The molecule has 0 aliphatic rings. The van der Waals surface area contributed by atoms with Gasteiger partial charge in [-0.05, 0) is 25.3 Å². The zero-order chi connectivity index (χ0) is 11.4. The number of imidazole rings is 1. The molecule has 0 aliphatic carbocycles. The van der Waals surface area contributed by atoms with Crippen LogP contribution in [-0.4, -0.2) is 15.1 Å². The van der Waals surface area contributed by atoms with E-state index in [0.717, 1.165) is 17.9 Å². The molecule has 1 heterocycles. The molecule has 0 saturated carbocycles. The Morgan fingerprint density at radius 1 is 1.31 bits per heavy atom. The summed E-state index contributed by atoms with van der Waals surface area (Å²) in [6.07, 6.45) is 2.83. The second-order valence-electron chi connectivity index (χ2n) is 3.96. The quantitative estimate of drug-likeness (QED) is 0.824. The minimum absolute atomic E-state index is 0.457.